The third-order valence-corrected chi connectivity index (χ3v) is 4.10. The standard InChI is InChI=1S/C14H26N2O2/c1-15-9-8-14(17)16(12-5-2-3-6-12)11-13-7-4-10-18-13/h12-13,15H,2-11H2,1H3. The van der Waals surface area contributed by atoms with Gasteiger partial charge >= 0.3 is 0 Å². The van der Waals surface area contributed by atoms with Gasteiger partial charge in [-0.3, -0.25) is 4.79 Å². The Hall–Kier alpha value is -0.610. The van der Waals surface area contributed by atoms with E-state index in [9.17, 15) is 4.79 Å². The number of carbonyl (C=O) groups is 1. The van der Waals surface area contributed by atoms with Gasteiger partial charge in [-0.2, -0.15) is 0 Å². The lowest BCUT2D eigenvalue weighted by atomic mass is 10.1. The van der Waals surface area contributed by atoms with E-state index in [4.69, 9.17) is 4.74 Å². The van der Waals surface area contributed by atoms with Crippen LogP contribution in [0.2, 0.25) is 0 Å². The van der Waals surface area contributed by atoms with Crippen LogP contribution in [0.5, 0.6) is 0 Å². The van der Waals surface area contributed by atoms with Crippen LogP contribution in [0, 0.1) is 0 Å². The van der Waals surface area contributed by atoms with Crippen molar-refractivity contribution >= 4 is 5.91 Å². The molecule has 1 heterocycles. The lowest BCUT2D eigenvalue weighted by Gasteiger charge is -2.31. The Morgan fingerprint density at radius 2 is 2.06 bits per heavy atom. The van der Waals surface area contributed by atoms with E-state index < -0.39 is 0 Å². The maximum Gasteiger partial charge on any atom is 0.224 e. The Labute approximate surface area is 110 Å². The van der Waals surface area contributed by atoms with E-state index in [1.165, 1.54) is 25.7 Å². The van der Waals surface area contributed by atoms with E-state index in [1.54, 1.807) is 0 Å². The van der Waals surface area contributed by atoms with Crippen molar-refractivity contribution in [3.63, 3.8) is 0 Å². The van der Waals surface area contributed by atoms with Crippen LogP contribution in [-0.2, 0) is 9.53 Å². The Morgan fingerprint density at radius 3 is 2.67 bits per heavy atom. The number of hydrogen-bond acceptors (Lipinski definition) is 3. The van der Waals surface area contributed by atoms with Gasteiger partial charge in [0, 0.05) is 32.2 Å². The average Bonchev–Trinajstić information content (AvgIpc) is 3.05. The van der Waals surface area contributed by atoms with Crippen LogP contribution < -0.4 is 5.32 Å². The van der Waals surface area contributed by atoms with E-state index >= 15 is 0 Å². The minimum absolute atomic E-state index is 0.282. The number of rotatable bonds is 6. The summed E-state index contributed by atoms with van der Waals surface area (Å²) < 4.78 is 5.69. The summed E-state index contributed by atoms with van der Waals surface area (Å²) in [6.45, 7) is 2.45. The second-order valence-corrected chi connectivity index (χ2v) is 5.47. The quantitative estimate of drug-likeness (QED) is 0.782. The zero-order chi connectivity index (χ0) is 12.8. The van der Waals surface area contributed by atoms with Gasteiger partial charge in [0.2, 0.25) is 5.91 Å². The summed E-state index contributed by atoms with van der Waals surface area (Å²) in [4.78, 5) is 14.4. The normalized spacial score (nSPS) is 24.6. The molecule has 0 aromatic rings. The van der Waals surface area contributed by atoms with Gasteiger partial charge in [-0.15, -0.1) is 0 Å². The Morgan fingerprint density at radius 1 is 1.28 bits per heavy atom. The van der Waals surface area contributed by atoms with Crippen LogP contribution in [0.15, 0.2) is 0 Å². The largest absolute Gasteiger partial charge is 0.376 e. The van der Waals surface area contributed by atoms with E-state index in [0.717, 1.165) is 32.5 Å². The van der Waals surface area contributed by atoms with Crippen molar-refractivity contribution in [1.82, 2.24) is 10.2 Å². The second kappa shape index (κ2) is 7.10. The molecular weight excluding hydrogens is 228 g/mol. The molecule has 0 aromatic carbocycles. The van der Waals surface area contributed by atoms with Gasteiger partial charge in [-0.1, -0.05) is 12.8 Å². The summed E-state index contributed by atoms with van der Waals surface area (Å²) in [6, 6.07) is 0.471. The topological polar surface area (TPSA) is 41.6 Å². The molecule has 1 saturated heterocycles. The fraction of sp³-hybridized carbons (Fsp3) is 0.929. The molecule has 1 N–H and O–H groups in total. The first-order valence-electron chi connectivity index (χ1n) is 7.37. The van der Waals surface area contributed by atoms with Crippen LogP contribution in [0.4, 0.5) is 0 Å². The zero-order valence-corrected chi connectivity index (χ0v) is 11.5. The summed E-state index contributed by atoms with van der Waals surface area (Å²) >= 11 is 0. The predicted molar refractivity (Wildman–Crippen MR) is 71.5 cm³/mol. The number of nitrogens with zero attached hydrogens (tertiary/aromatic N) is 1. The molecule has 0 spiro atoms. The minimum atomic E-state index is 0.282. The maximum absolute atomic E-state index is 12.3. The molecule has 0 bridgehead atoms. The first-order valence-corrected chi connectivity index (χ1v) is 7.37. The van der Waals surface area contributed by atoms with Crippen LogP contribution in [0.3, 0.4) is 0 Å². The highest BCUT2D eigenvalue weighted by Gasteiger charge is 2.29. The van der Waals surface area contributed by atoms with E-state index in [0.29, 0.717) is 18.4 Å². The molecule has 1 amide bonds. The average molecular weight is 254 g/mol. The van der Waals surface area contributed by atoms with Gasteiger partial charge in [-0.25, -0.2) is 0 Å². The number of ether oxygens (including phenoxy) is 1. The number of amides is 1. The molecular formula is C14H26N2O2. The summed E-state index contributed by atoms with van der Waals surface area (Å²) in [5.41, 5.74) is 0. The SMILES string of the molecule is CNCCC(=O)N(CC1CCCO1)C1CCCC1. The van der Waals surface area contributed by atoms with Gasteiger partial charge in [0.25, 0.3) is 0 Å². The Balaban J connectivity index is 1.90. The highest BCUT2D eigenvalue weighted by atomic mass is 16.5. The lowest BCUT2D eigenvalue weighted by Crippen LogP contribution is -2.44. The second-order valence-electron chi connectivity index (χ2n) is 5.47. The molecule has 1 atom stereocenters. The molecule has 0 radical (unpaired) electrons. The lowest BCUT2D eigenvalue weighted by molar-refractivity contribution is -0.135. The Bertz CT molecular complexity index is 259. The molecule has 4 heteroatoms. The summed E-state index contributed by atoms with van der Waals surface area (Å²) in [7, 11) is 1.90. The van der Waals surface area contributed by atoms with Crippen molar-refractivity contribution in [3.05, 3.63) is 0 Å². The molecule has 2 fully saturated rings. The summed E-state index contributed by atoms with van der Waals surface area (Å²) in [5, 5.41) is 3.06. The molecule has 4 nitrogen and oxygen atoms in total. The maximum atomic E-state index is 12.3. The zero-order valence-electron chi connectivity index (χ0n) is 11.5. The van der Waals surface area contributed by atoms with E-state index in [-0.39, 0.29) is 6.10 Å². The predicted octanol–water partition coefficient (Wildman–Crippen LogP) is 1.55. The van der Waals surface area contributed by atoms with E-state index in [2.05, 4.69) is 10.2 Å². The fourth-order valence-corrected chi connectivity index (χ4v) is 3.05. The molecule has 1 aliphatic heterocycles. The highest BCUT2D eigenvalue weighted by Crippen LogP contribution is 2.25. The van der Waals surface area contributed by atoms with Gasteiger partial charge in [0.1, 0.15) is 0 Å². The third-order valence-electron chi connectivity index (χ3n) is 4.10. The van der Waals surface area contributed by atoms with Crippen LogP contribution in [-0.4, -0.2) is 49.7 Å². The molecule has 1 saturated carbocycles. The van der Waals surface area contributed by atoms with Gasteiger partial charge in [0.05, 0.1) is 6.10 Å². The first-order chi connectivity index (χ1) is 8.81. The first kappa shape index (κ1) is 13.8. The number of nitrogens with one attached hydrogen (secondary N) is 1. The molecule has 104 valence electrons. The van der Waals surface area contributed by atoms with Crippen molar-refractivity contribution in [2.45, 2.75) is 57.1 Å². The van der Waals surface area contributed by atoms with Crippen molar-refractivity contribution < 1.29 is 9.53 Å². The van der Waals surface area contributed by atoms with Crippen molar-refractivity contribution in [2.24, 2.45) is 0 Å². The summed E-state index contributed by atoms with van der Waals surface area (Å²) in [6.07, 6.45) is 8.05. The molecule has 2 aliphatic rings. The minimum Gasteiger partial charge on any atom is -0.376 e. The third kappa shape index (κ3) is 3.69. The van der Waals surface area contributed by atoms with Crippen molar-refractivity contribution in [3.8, 4) is 0 Å². The molecule has 1 unspecified atom stereocenters. The molecule has 0 aromatic heterocycles. The number of hydrogen-bond donors (Lipinski definition) is 1. The Kier molecular flexibility index (Phi) is 5.45. The molecule has 2 rings (SSSR count). The highest BCUT2D eigenvalue weighted by molar-refractivity contribution is 5.76. The van der Waals surface area contributed by atoms with Gasteiger partial charge in [-0.05, 0) is 32.7 Å². The monoisotopic (exact) mass is 254 g/mol. The van der Waals surface area contributed by atoms with Crippen LogP contribution in [0.25, 0.3) is 0 Å². The van der Waals surface area contributed by atoms with Crippen molar-refractivity contribution in [1.29, 1.82) is 0 Å². The molecule has 18 heavy (non-hydrogen) atoms. The fourth-order valence-electron chi connectivity index (χ4n) is 3.05. The van der Waals surface area contributed by atoms with Crippen LogP contribution >= 0.6 is 0 Å². The number of carbonyl (C=O) groups excluding carboxylic acids is 1. The van der Waals surface area contributed by atoms with Gasteiger partial charge < -0.3 is 15.0 Å². The van der Waals surface area contributed by atoms with Gasteiger partial charge in [0.15, 0.2) is 0 Å². The van der Waals surface area contributed by atoms with Crippen molar-refractivity contribution in [2.75, 3.05) is 26.7 Å². The smallest absolute Gasteiger partial charge is 0.224 e. The molecule has 1 aliphatic carbocycles. The summed E-state index contributed by atoms with van der Waals surface area (Å²) in [5.74, 6) is 0.298. The van der Waals surface area contributed by atoms with Crippen LogP contribution in [0.1, 0.15) is 44.9 Å². The van der Waals surface area contributed by atoms with E-state index in [1.807, 2.05) is 7.05 Å².